The number of nitrogens with one attached hydrogen (secondary N) is 2. The quantitative estimate of drug-likeness (QED) is 0.846. The summed E-state index contributed by atoms with van der Waals surface area (Å²) in [6.07, 6.45) is 1.78. The fraction of sp³-hybridized carbons (Fsp3) is 0.231. The van der Waals surface area contributed by atoms with Crippen molar-refractivity contribution in [3.8, 4) is 0 Å². The van der Waals surface area contributed by atoms with Crippen molar-refractivity contribution in [1.82, 2.24) is 15.2 Å². The average Bonchev–Trinajstić information content (AvgIpc) is 2.83. The van der Waals surface area contributed by atoms with Crippen molar-refractivity contribution in [2.45, 2.75) is 0 Å². The molecule has 2 rings (SSSR count). The van der Waals surface area contributed by atoms with E-state index in [1.807, 2.05) is 18.2 Å². The third kappa shape index (κ3) is 2.34. The molecule has 1 aromatic heterocycles. The number of aromatic nitrogens is 1. The second kappa shape index (κ2) is 4.91. The zero-order valence-electron chi connectivity index (χ0n) is 10.4. The van der Waals surface area contributed by atoms with Crippen molar-refractivity contribution in [2.75, 3.05) is 20.6 Å². The number of likely N-dealkylation sites (N-methyl/N-ethyl adjacent to an activating group) is 1. The first-order valence-corrected chi connectivity index (χ1v) is 5.64. The zero-order valence-corrected chi connectivity index (χ0v) is 10.4. The van der Waals surface area contributed by atoms with Crippen LogP contribution in [0.2, 0.25) is 0 Å². The van der Waals surface area contributed by atoms with Crippen LogP contribution in [0.1, 0.15) is 10.4 Å². The summed E-state index contributed by atoms with van der Waals surface area (Å²) in [6, 6.07) is 7.37. The Kier molecular flexibility index (Phi) is 3.32. The highest BCUT2D eigenvalue weighted by atomic mass is 16.2. The van der Waals surface area contributed by atoms with Gasteiger partial charge in [0.05, 0.1) is 17.6 Å². The Bertz CT molecular complexity index is 587. The molecular formula is C13H15N3O2. The molecule has 0 saturated heterocycles. The number of carbonyl (C=O) groups is 2. The number of amides is 2. The summed E-state index contributed by atoms with van der Waals surface area (Å²) in [4.78, 5) is 27.8. The van der Waals surface area contributed by atoms with E-state index in [9.17, 15) is 9.59 Å². The van der Waals surface area contributed by atoms with E-state index in [0.29, 0.717) is 5.56 Å². The van der Waals surface area contributed by atoms with Crippen LogP contribution in [-0.4, -0.2) is 42.3 Å². The summed E-state index contributed by atoms with van der Waals surface area (Å²) in [5.74, 6) is -0.389. The summed E-state index contributed by atoms with van der Waals surface area (Å²) in [6.45, 7) is 0.00291. The number of hydrogen-bond acceptors (Lipinski definition) is 2. The van der Waals surface area contributed by atoms with Crippen LogP contribution in [0.3, 0.4) is 0 Å². The maximum Gasteiger partial charge on any atom is 0.253 e. The number of nitrogens with zero attached hydrogens (tertiary/aromatic N) is 1. The van der Waals surface area contributed by atoms with Gasteiger partial charge >= 0.3 is 0 Å². The van der Waals surface area contributed by atoms with Gasteiger partial charge in [-0.3, -0.25) is 9.59 Å². The predicted octanol–water partition coefficient (Wildman–Crippen LogP) is 0.986. The minimum Gasteiger partial charge on any atom is -0.361 e. The monoisotopic (exact) mass is 245 g/mol. The van der Waals surface area contributed by atoms with Crippen LogP contribution in [0.4, 0.5) is 0 Å². The fourth-order valence-corrected chi connectivity index (χ4v) is 1.68. The molecule has 2 aromatic rings. The third-order valence-corrected chi connectivity index (χ3v) is 2.73. The van der Waals surface area contributed by atoms with E-state index in [1.54, 1.807) is 26.4 Å². The molecule has 0 bridgehead atoms. The van der Waals surface area contributed by atoms with Gasteiger partial charge in [-0.2, -0.15) is 0 Å². The second-order valence-electron chi connectivity index (χ2n) is 4.22. The minimum atomic E-state index is -0.252. The molecule has 0 fully saturated rings. The number of aromatic amines is 1. The van der Waals surface area contributed by atoms with E-state index < -0.39 is 0 Å². The number of para-hydroxylation sites is 1. The number of hydrogen-bond donors (Lipinski definition) is 2. The normalized spacial score (nSPS) is 10.3. The standard InChI is InChI=1S/C13H15N3O2/c1-16(2)11(17)8-15-13(18)10-5-3-4-9-6-7-14-12(9)10/h3-7,14H,8H2,1-2H3,(H,15,18). The van der Waals surface area contributed by atoms with E-state index in [4.69, 9.17) is 0 Å². The molecule has 0 spiro atoms. The van der Waals surface area contributed by atoms with Crippen LogP contribution in [-0.2, 0) is 4.79 Å². The molecule has 0 aliphatic rings. The number of carbonyl (C=O) groups excluding carboxylic acids is 2. The number of benzene rings is 1. The first-order valence-electron chi connectivity index (χ1n) is 5.64. The van der Waals surface area contributed by atoms with Gasteiger partial charge in [-0.25, -0.2) is 0 Å². The molecule has 18 heavy (non-hydrogen) atoms. The highest BCUT2D eigenvalue weighted by Crippen LogP contribution is 2.16. The molecular weight excluding hydrogens is 230 g/mol. The van der Waals surface area contributed by atoms with Crippen LogP contribution in [0.5, 0.6) is 0 Å². The lowest BCUT2D eigenvalue weighted by Crippen LogP contribution is -2.36. The summed E-state index contributed by atoms with van der Waals surface area (Å²) in [5, 5.41) is 3.59. The smallest absolute Gasteiger partial charge is 0.253 e. The Morgan fingerprint density at radius 3 is 2.78 bits per heavy atom. The minimum absolute atomic E-state index is 0.00291. The van der Waals surface area contributed by atoms with Gasteiger partial charge in [0.1, 0.15) is 0 Å². The Balaban J connectivity index is 2.14. The van der Waals surface area contributed by atoms with Crippen molar-refractivity contribution in [2.24, 2.45) is 0 Å². The number of H-pyrrole nitrogens is 1. The molecule has 0 saturated carbocycles. The molecule has 0 aliphatic heterocycles. The Morgan fingerprint density at radius 2 is 2.06 bits per heavy atom. The van der Waals surface area contributed by atoms with E-state index >= 15 is 0 Å². The zero-order chi connectivity index (χ0) is 13.1. The molecule has 1 heterocycles. The molecule has 5 nitrogen and oxygen atoms in total. The van der Waals surface area contributed by atoms with Crippen molar-refractivity contribution in [3.63, 3.8) is 0 Å². The summed E-state index contributed by atoms with van der Waals surface area (Å²) in [5.41, 5.74) is 1.33. The summed E-state index contributed by atoms with van der Waals surface area (Å²) >= 11 is 0. The largest absolute Gasteiger partial charge is 0.361 e. The van der Waals surface area contributed by atoms with Gasteiger partial charge in [0, 0.05) is 25.7 Å². The lowest BCUT2D eigenvalue weighted by Gasteiger charge is -2.11. The van der Waals surface area contributed by atoms with Crippen molar-refractivity contribution in [3.05, 3.63) is 36.0 Å². The summed E-state index contributed by atoms with van der Waals surface area (Å²) < 4.78 is 0. The van der Waals surface area contributed by atoms with Gasteiger partial charge in [0.25, 0.3) is 5.91 Å². The van der Waals surface area contributed by atoms with Gasteiger partial charge in [0.2, 0.25) is 5.91 Å². The fourth-order valence-electron chi connectivity index (χ4n) is 1.68. The lowest BCUT2D eigenvalue weighted by molar-refractivity contribution is -0.127. The van der Waals surface area contributed by atoms with Crippen LogP contribution in [0, 0.1) is 0 Å². The molecule has 2 N–H and O–H groups in total. The van der Waals surface area contributed by atoms with Crippen LogP contribution in [0.25, 0.3) is 10.9 Å². The SMILES string of the molecule is CN(C)C(=O)CNC(=O)c1cccc2cc[nH]c12. The summed E-state index contributed by atoms with van der Waals surface area (Å²) in [7, 11) is 3.31. The van der Waals surface area contributed by atoms with Gasteiger partial charge in [-0.1, -0.05) is 12.1 Å². The highest BCUT2D eigenvalue weighted by Gasteiger charge is 2.12. The van der Waals surface area contributed by atoms with Crippen molar-refractivity contribution < 1.29 is 9.59 Å². The Morgan fingerprint density at radius 1 is 1.28 bits per heavy atom. The lowest BCUT2D eigenvalue weighted by atomic mass is 10.1. The van der Waals surface area contributed by atoms with E-state index in [1.165, 1.54) is 4.90 Å². The average molecular weight is 245 g/mol. The molecule has 0 aliphatic carbocycles. The van der Waals surface area contributed by atoms with Gasteiger partial charge in [0.15, 0.2) is 0 Å². The highest BCUT2D eigenvalue weighted by molar-refractivity contribution is 6.06. The first kappa shape index (κ1) is 12.2. The van der Waals surface area contributed by atoms with E-state index in [0.717, 1.165) is 10.9 Å². The van der Waals surface area contributed by atoms with Crippen LogP contribution < -0.4 is 5.32 Å². The molecule has 2 amide bonds. The Labute approximate surface area is 105 Å². The van der Waals surface area contributed by atoms with Gasteiger partial charge in [-0.05, 0) is 12.1 Å². The van der Waals surface area contributed by atoms with Crippen molar-refractivity contribution in [1.29, 1.82) is 0 Å². The molecule has 94 valence electrons. The first-order chi connectivity index (χ1) is 8.59. The molecule has 0 atom stereocenters. The van der Waals surface area contributed by atoms with E-state index in [-0.39, 0.29) is 18.4 Å². The molecule has 1 aromatic carbocycles. The topological polar surface area (TPSA) is 65.2 Å². The number of fused-ring (bicyclic) bond motifs is 1. The van der Waals surface area contributed by atoms with Crippen LogP contribution in [0.15, 0.2) is 30.5 Å². The second-order valence-corrected chi connectivity index (χ2v) is 4.22. The van der Waals surface area contributed by atoms with Crippen molar-refractivity contribution >= 4 is 22.7 Å². The van der Waals surface area contributed by atoms with E-state index in [2.05, 4.69) is 10.3 Å². The number of rotatable bonds is 3. The Hall–Kier alpha value is -2.30. The predicted molar refractivity (Wildman–Crippen MR) is 69.3 cm³/mol. The maximum atomic E-state index is 12.0. The molecule has 0 unspecified atom stereocenters. The van der Waals surface area contributed by atoms with Crippen LogP contribution >= 0.6 is 0 Å². The molecule has 5 heteroatoms. The van der Waals surface area contributed by atoms with Gasteiger partial charge in [-0.15, -0.1) is 0 Å². The maximum absolute atomic E-state index is 12.0. The molecule has 0 radical (unpaired) electrons. The third-order valence-electron chi connectivity index (χ3n) is 2.73. The van der Waals surface area contributed by atoms with Gasteiger partial charge < -0.3 is 15.2 Å².